The number of hydrogen-bond donors (Lipinski definition) is 0. The Morgan fingerprint density at radius 1 is 0.242 bits per heavy atom. The van der Waals surface area contributed by atoms with Crippen molar-refractivity contribution >= 4 is 104 Å². The van der Waals surface area contributed by atoms with Crippen LogP contribution in [0.3, 0.4) is 0 Å². The smallest absolute Gasteiger partial charge is 0.0804 e. The van der Waals surface area contributed by atoms with E-state index in [1.165, 1.54) is 70.4 Å². The molecule has 0 saturated carbocycles. The van der Waals surface area contributed by atoms with E-state index in [2.05, 4.69) is 261 Å². The van der Waals surface area contributed by atoms with Gasteiger partial charge in [-0.25, -0.2) is 0 Å². The zero-order valence-corrected chi connectivity index (χ0v) is 35.9. The van der Waals surface area contributed by atoms with Crippen molar-refractivity contribution in [1.29, 1.82) is 0 Å². The topological polar surface area (TPSA) is 18.0 Å². The van der Waals surface area contributed by atoms with Crippen LogP contribution >= 0.6 is 0 Å². The lowest BCUT2D eigenvalue weighted by Crippen LogP contribution is -2.09. The van der Waals surface area contributed by atoms with Gasteiger partial charge in [-0.15, -0.1) is 0 Å². The van der Waals surface area contributed by atoms with Crippen LogP contribution in [0.1, 0.15) is 0 Å². The van der Waals surface area contributed by atoms with Crippen LogP contribution in [-0.2, 0) is 0 Å². The lowest BCUT2D eigenvalue weighted by molar-refractivity contribution is 1.17. The molecule has 4 nitrogen and oxygen atoms in total. The molecule has 3 heterocycles. The fraction of sp³-hybridized carbons (Fsp3) is 0. The molecule has 4 heteroatoms. The van der Waals surface area contributed by atoms with Gasteiger partial charge < -0.3 is 18.6 Å². The molecule has 14 aromatic rings. The second-order valence-electron chi connectivity index (χ2n) is 17.3. The predicted molar refractivity (Wildman–Crippen MR) is 279 cm³/mol. The standard InChI is InChI=1S/C62H40N4/c1-3-20-44(21-4-1)63(45-22-5-2-6-23-45)47-33-36-59-55(39-47)61-62(66(59)60-38-43-19-9-10-24-49(43)50-25-11-12-26-51(50)60)54-40-48(64-56-29-15-13-27-52(56)53-28-14-16-30-57(53)64)34-35-58(54)65(61)46-32-31-41-17-7-8-18-42(41)37-46/h1-40H. The Bertz CT molecular complexity index is 4140. The summed E-state index contributed by atoms with van der Waals surface area (Å²) in [5.41, 5.74) is 13.7. The Hall–Kier alpha value is -8.86. The van der Waals surface area contributed by atoms with Gasteiger partial charge in [-0.1, -0.05) is 152 Å². The third-order valence-corrected chi connectivity index (χ3v) is 13.7. The highest BCUT2D eigenvalue weighted by Gasteiger charge is 2.26. The molecule has 0 N–H and O–H groups in total. The number of hydrogen-bond acceptors (Lipinski definition) is 1. The summed E-state index contributed by atoms with van der Waals surface area (Å²) < 4.78 is 7.53. The van der Waals surface area contributed by atoms with Gasteiger partial charge in [-0.3, -0.25) is 0 Å². The monoisotopic (exact) mass is 840 g/mol. The van der Waals surface area contributed by atoms with Gasteiger partial charge in [0, 0.05) is 55.4 Å². The number of nitrogens with zero attached hydrogens (tertiary/aromatic N) is 4. The van der Waals surface area contributed by atoms with Gasteiger partial charge in [-0.05, 0) is 118 Å². The van der Waals surface area contributed by atoms with Crippen LogP contribution in [0, 0.1) is 0 Å². The van der Waals surface area contributed by atoms with E-state index >= 15 is 0 Å². The summed E-state index contributed by atoms with van der Waals surface area (Å²) in [6, 6.07) is 88.9. The minimum atomic E-state index is 1.09. The molecule has 11 aromatic carbocycles. The summed E-state index contributed by atoms with van der Waals surface area (Å²) in [5, 5.41) is 12.2. The largest absolute Gasteiger partial charge is 0.310 e. The summed E-state index contributed by atoms with van der Waals surface area (Å²) in [7, 11) is 0. The summed E-state index contributed by atoms with van der Waals surface area (Å²) in [6.45, 7) is 0. The molecule has 0 amide bonds. The van der Waals surface area contributed by atoms with Crippen molar-refractivity contribution < 1.29 is 0 Å². The van der Waals surface area contributed by atoms with Crippen LogP contribution < -0.4 is 4.90 Å². The molecule has 0 atom stereocenters. The van der Waals surface area contributed by atoms with E-state index in [4.69, 9.17) is 0 Å². The van der Waals surface area contributed by atoms with Gasteiger partial charge in [0.25, 0.3) is 0 Å². The highest BCUT2D eigenvalue weighted by atomic mass is 15.1. The first kappa shape index (κ1) is 36.6. The second kappa shape index (κ2) is 14.3. The second-order valence-corrected chi connectivity index (χ2v) is 17.3. The fourth-order valence-corrected chi connectivity index (χ4v) is 10.9. The molecule has 0 spiro atoms. The van der Waals surface area contributed by atoms with Crippen molar-refractivity contribution in [1.82, 2.24) is 13.7 Å². The number of rotatable bonds is 6. The molecule has 308 valence electrons. The zero-order chi connectivity index (χ0) is 43.3. The van der Waals surface area contributed by atoms with Crippen molar-refractivity contribution in [3.63, 3.8) is 0 Å². The predicted octanol–water partition coefficient (Wildman–Crippen LogP) is 16.8. The van der Waals surface area contributed by atoms with E-state index in [1.807, 2.05) is 0 Å². The Balaban J connectivity index is 1.17. The average molecular weight is 841 g/mol. The van der Waals surface area contributed by atoms with E-state index in [0.717, 1.165) is 50.7 Å². The first-order valence-corrected chi connectivity index (χ1v) is 22.7. The quantitative estimate of drug-likeness (QED) is 0.153. The number of aromatic nitrogens is 3. The van der Waals surface area contributed by atoms with Crippen molar-refractivity contribution in [3.8, 4) is 17.1 Å². The summed E-state index contributed by atoms with van der Waals surface area (Å²) in [5.74, 6) is 0. The Morgan fingerprint density at radius 2 is 0.727 bits per heavy atom. The maximum absolute atomic E-state index is 2.56. The maximum atomic E-state index is 2.56. The Kier molecular flexibility index (Phi) is 7.95. The molecular weight excluding hydrogens is 801 g/mol. The lowest BCUT2D eigenvalue weighted by atomic mass is 10.00. The normalized spacial score (nSPS) is 11.9. The summed E-state index contributed by atoms with van der Waals surface area (Å²) >= 11 is 0. The van der Waals surface area contributed by atoms with E-state index in [0.29, 0.717) is 0 Å². The number of benzene rings is 11. The number of anilines is 3. The number of para-hydroxylation sites is 4. The van der Waals surface area contributed by atoms with Gasteiger partial charge in [0.15, 0.2) is 0 Å². The fourth-order valence-electron chi connectivity index (χ4n) is 10.9. The molecule has 66 heavy (non-hydrogen) atoms. The van der Waals surface area contributed by atoms with Crippen LogP contribution in [0.4, 0.5) is 17.1 Å². The van der Waals surface area contributed by atoms with E-state index in [1.54, 1.807) is 0 Å². The molecule has 14 rings (SSSR count). The van der Waals surface area contributed by atoms with Gasteiger partial charge in [0.05, 0.1) is 38.8 Å². The molecule has 0 fully saturated rings. The van der Waals surface area contributed by atoms with E-state index < -0.39 is 0 Å². The first-order valence-electron chi connectivity index (χ1n) is 22.7. The Morgan fingerprint density at radius 3 is 1.44 bits per heavy atom. The van der Waals surface area contributed by atoms with Gasteiger partial charge >= 0.3 is 0 Å². The Labute approximate surface area is 380 Å². The molecule has 0 bridgehead atoms. The van der Waals surface area contributed by atoms with E-state index in [-0.39, 0.29) is 0 Å². The summed E-state index contributed by atoms with van der Waals surface area (Å²) in [4.78, 5) is 2.37. The zero-order valence-electron chi connectivity index (χ0n) is 35.9. The van der Waals surface area contributed by atoms with Crippen molar-refractivity contribution in [3.05, 3.63) is 243 Å². The van der Waals surface area contributed by atoms with Crippen LogP contribution in [-0.4, -0.2) is 13.7 Å². The van der Waals surface area contributed by atoms with Gasteiger partial charge in [-0.2, -0.15) is 0 Å². The molecule has 0 aliphatic rings. The van der Waals surface area contributed by atoms with Crippen molar-refractivity contribution in [2.45, 2.75) is 0 Å². The van der Waals surface area contributed by atoms with Gasteiger partial charge in [0.2, 0.25) is 0 Å². The molecule has 0 radical (unpaired) electrons. The summed E-state index contributed by atoms with van der Waals surface area (Å²) in [6.07, 6.45) is 0. The lowest BCUT2D eigenvalue weighted by Gasteiger charge is -2.25. The molecule has 3 aromatic heterocycles. The molecule has 0 saturated heterocycles. The highest BCUT2D eigenvalue weighted by molar-refractivity contribution is 6.23. The minimum absolute atomic E-state index is 1.09. The minimum Gasteiger partial charge on any atom is -0.310 e. The first-order chi connectivity index (χ1) is 32.8. The molecule has 0 unspecified atom stereocenters. The van der Waals surface area contributed by atoms with Gasteiger partial charge in [0.1, 0.15) is 0 Å². The van der Waals surface area contributed by atoms with Crippen LogP contribution in [0.15, 0.2) is 243 Å². The van der Waals surface area contributed by atoms with Crippen LogP contribution in [0.2, 0.25) is 0 Å². The van der Waals surface area contributed by atoms with Crippen molar-refractivity contribution in [2.75, 3.05) is 4.90 Å². The third-order valence-electron chi connectivity index (χ3n) is 13.7. The SMILES string of the molecule is c1ccc(N(c2ccccc2)c2ccc3c(c2)c2c(c4cc(-n5c6ccccc6c6ccccc65)ccc4n2-c2ccc4ccccc4c2)n3-c2cc3ccccc3c3ccccc23)cc1. The molecular formula is C62H40N4. The molecule has 0 aliphatic carbocycles. The van der Waals surface area contributed by atoms with Crippen molar-refractivity contribution in [2.24, 2.45) is 0 Å². The van der Waals surface area contributed by atoms with E-state index in [9.17, 15) is 0 Å². The highest BCUT2D eigenvalue weighted by Crippen LogP contribution is 2.46. The number of fused-ring (bicyclic) bond motifs is 12. The third kappa shape index (κ3) is 5.39. The van der Waals surface area contributed by atoms with Crippen LogP contribution in [0.5, 0.6) is 0 Å². The molecule has 0 aliphatic heterocycles. The average Bonchev–Trinajstić information content (AvgIpc) is 4.02. The maximum Gasteiger partial charge on any atom is 0.0804 e. The van der Waals surface area contributed by atoms with Crippen LogP contribution in [0.25, 0.3) is 104 Å².